The highest BCUT2D eigenvalue weighted by atomic mass is 16.5. The van der Waals surface area contributed by atoms with Crippen molar-refractivity contribution in [2.45, 2.75) is 69.9 Å². The molecule has 1 aliphatic carbocycles. The SMILES string of the molecule is COc1ccc(CN2CCC[C@@H](n3c(=O)n(C)c4c(N5CCC6(CCC(c7ccc(N)nc7)CC6)CC5)cccc43)C2)cc1. The lowest BCUT2D eigenvalue weighted by atomic mass is 9.64. The van der Waals surface area contributed by atoms with Crippen LogP contribution in [0, 0.1) is 5.41 Å². The number of methoxy groups -OCH3 is 1. The van der Waals surface area contributed by atoms with Gasteiger partial charge in [0, 0.05) is 39.4 Å². The van der Waals surface area contributed by atoms with E-state index in [4.69, 9.17) is 10.5 Å². The van der Waals surface area contributed by atoms with Gasteiger partial charge in [0.2, 0.25) is 0 Å². The molecule has 1 spiro atoms. The summed E-state index contributed by atoms with van der Waals surface area (Å²) in [5, 5.41) is 0. The second kappa shape index (κ2) is 12.0. The molecule has 1 atom stereocenters. The zero-order chi connectivity index (χ0) is 30.3. The Balaban J connectivity index is 1.05. The van der Waals surface area contributed by atoms with Crippen molar-refractivity contribution in [3.63, 3.8) is 0 Å². The van der Waals surface area contributed by atoms with Crippen LogP contribution >= 0.6 is 0 Å². The van der Waals surface area contributed by atoms with E-state index in [1.54, 1.807) is 7.11 Å². The van der Waals surface area contributed by atoms with Crippen LogP contribution in [0.25, 0.3) is 11.0 Å². The number of pyridine rings is 1. The summed E-state index contributed by atoms with van der Waals surface area (Å²) in [5.74, 6) is 2.08. The number of rotatable bonds is 6. The van der Waals surface area contributed by atoms with Crippen molar-refractivity contribution in [2.24, 2.45) is 12.5 Å². The number of fused-ring (bicyclic) bond motifs is 1. The van der Waals surface area contributed by atoms with Crippen LogP contribution in [-0.2, 0) is 13.6 Å². The minimum Gasteiger partial charge on any atom is -0.497 e. The van der Waals surface area contributed by atoms with Crippen LogP contribution in [0.4, 0.5) is 11.5 Å². The molecule has 3 fully saturated rings. The number of benzene rings is 2. The Morgan fingerprint density at radius 2 is 1.73 bits per heavy atom. The van der Waals surface area contributed by atoms with Gasteiger partial charge in [0.1, 0.15) is 11.6 Å². The standard InChI is InChI=1S/C36H46N6O2/c1-39-34-31(41-21-18-36(19-22-41)16-14-27(15-17-36)28-10-13-33(37)38-23-28)6-3-7-32(34)42(35(39)43)29-5-4-20-40(25-29)24-26-8-11-30(44-2)12-9-26/h3,6-13,23,27,29H,4-5,14-22,24-25H2,1-2H3,(H2,37,38)/t29-/m1/s1. The van der Waals surface area contributed by atoms with Crippen molar-refractivity contribution >= 4 is 22.5 Å². The van der Waals surface area contributed by atoms with E-state index in [9.17, 15) is 4.79 Å². The molecule has 0 bridgehead atoms. The summed E-state index contributed by atoms with van der Waals surface area (Å²) < 4.78 is 9.33. The molecule has 3 aliphatic rings. The van der Waals surface area contributed by atoms with Crippen LogP contribution in [0.2, 0.25) is 0 Å². The molecule has 7 rings (SSSR count). The lowest BCUT2D eigenvalue weighted by Crippen LogP contribution is -2.42. The molecule has 44 heavy (non-hydrogen) atoms. The highest BCUT2D eigenvalue weighted by Gasteiger charge is 2.39. The first kappa shape index (κ1) is 29.0. The largest absolute Gasteiger partial charge is 0.497 e. The van der Waals surface area contributed by atoms with Crippen molar-refractivity contribution in [3.8, 4) is 5.75 Å². The van der Waals surface area contributed by atoms with Crippen LogP contribution in [0.1, 0.15) is 74.5 Å². The van der Waals surface area contributed by atoms with Crippen molar-refractivity contribution < 1.29 is 4.74 Å². The van der Waals surface area contributed by atoms with Gasteiger partial charge in [-0.25, -0.2) is 9.78 Å². The first-order valence-electron chi connectivity index (χ1n) is 16.4. The number of likely N-dealkylation sites (tertiary alicyclic amines) is 1. The summed E-state index contributed by atoms with van der Waals surface area (Å²) in [7, 11) is 3.66. The van der Waals surface area contributed by atoms with E-state index in [0.717, 1.165) is 62.3 Å². The molecule has 2 aromatic heterocycles. The Morgan fingerprint density at radius 3 is 2.43 bits per heavy atom. The molecule has 4 aromatic rings. The Hall–Kier alpha value is -3.78. The number of nitrogens with zero attached hydrogens (tertiary/aromatic N) is 5. The molecule has 1 saturated carbocycles. The van der Waals surface area contributed by atoms with Crippen molar-refractivity contribution in [1.82, 2.24) is 19.0 Å². The van der Waals surface area contributed by atoms with Crippen LogP contribution < -0.4 is 21.1 Å². The number of ether oxygens (including phenoxy) is 1. The number of imidazole rings is 1. The van der Waals surface area contributed by atoms with Gasteiger partial charge in [-0.05, 0) is 111 Å². The average molecular weight is 595 g/mol. The zero-order valence-corrected chi connectivity index (χ0v) is 26.3. The summed E-state index contributed by atoms with van der Waals surface area (Å²) in [6, 6.07) is 19.2. The number of para-hydroxylation sites is 1. The van der Waals surface area contributed by atoms with E-state index >= 15 is 0 Å². The Morgan fingerprint density at radius 1 is 0.955 bits per heavy atom. The summed E-state index contributed by atoms with van der Waals surface area (Å²) in [5.41, 5.74) is 12.3. The van der Waals surface area contributed by atoms with E-state index in [0.29, 0.717) is 17.2 Å². The number of aryl methyl sites for hydroxylation is 1. The third-order valence-electron chi connectivity index (χ3n) is 11.0. The highest BCUT2D eigenvalue weighted by Crippen LogP contribution is 2.49. The summed E-state index contributed by atoms with van der Waals surface area (Å²) in [6.07, 6.45) is 11.6. The third kappa shape index (κ3) is 5.49. The second-order valence-electron chi connectivity index (χ2n) is 13.5. The van der Waals surface area contributed by atoms with E-state index in [-0.39, 0.29) is 11.7 Å². The molecule has 2 aromatic carbocycles. The first-order chi connectivity index (χ1) is 21.4. The van der Waals surface area contributed by atoms with Gasteiger partial charge in [-0.1, -0.05) is 24.3 Å². The maximum atomic E-state index is 13.8. The number of nitrogen functional groups attached to an aromatic ring is 1. The van der Waals surface area contributed by atoms with Crippen LogP contribution in [0.3, 0.4) is 0 Å². The van der Waals surface area contributed by atoms with Crippen molar-refractivity contribution in [2.75, 3.05) is 43.9 Å². The summed E-state index contributed by atoms with van der Waals surface area (Å²) in [6.45, 7) is 4.92. The van der Waals surface area contributed by atoms with E-state index in [2.05, 4.69) is 55.7 Å². The maximum absolute atomic E-state index is 13.8. The first-order valence-corrected chi connectivity index (χ1v) is 16.4. The van der Waals surface area contributed by atoms with Gasteiger partial charge in [-0.15, -0.1) is 0 Å². The molecule has 0 unspecified atom stereocenters. The minimum absolute atomic E-state index is 0.104. The number of nitrogens with two attached hydrogens (primary N) is 1. The molecule has 0 radical (unpaired) electrons. The van der Waals surface area contributed by atoms with Gasteiger partial charge in [0.15, 0.2) is 0 Å². The topological polar surface area (TPSA) is 81.5 Å². The molecule has 4 heterocycles. The van der Waals surface area contributed by atoms with Gasteiger partial charge < -0.3 is 15.4 Å². The molecule has 8 nitrogen and oxygen atoms in total. The number of piperidine rings is 2. The molecular weight excluding hydrogens is 548 g/mol. The lowest BCUT2D eigenvalue weighted by Gasteiger charge is -2.46. The highest BCUT2D eigenvalue weighted by molar-refractivity contribution is 5.90. The quantitative estimate of drug-likeness (QED) is 0.290. The molecule has 8 heteroatoms. The predicted octanol–water partition coefficient (Wildman–Crippen LogP) is 6.11. The smallest absolute Gasteiger partial charge is 0.329 e. The lowest BCUT2D eigenvalue weighted by molar-refractivity contribution is 0.133. The number of hydrogen-bond acceptors (Lipinski definition) is 6. The van der Waals surface area contributed by atoms with Crippen molar-refractivity contribution in [1.29, 1.82) is 0 Å². The van der Waals surface area contributed by atoms with E-state index < -0.39 is 0 Å². The number of aromatic nitrogens is 3. The normalized spacial score (nSPS) is 21.2. The Kier molecular flexibility index (Phi) is 7.87. The fourth-order valence-electron chi connectivity index (χ4n) is 8.34. The van der Waals surface area contributed by atoms with Gasteiger partial charge in [-0.2, -0.15) is 0 Å². The Labute approximate surface area is 260 Å². The molecule has 2 aliphatic heterocycles. The maximum Gasteiger partial charge on any atom is 0.329 e. The van der Waals surface area contributed by atoms with Crippen LogP contribution in [-0.4, -0.2) is 52.3 Å². The number of hydrogen-bond donors (Lipinski definition) is 1. The van der Waals surface area contributed by atoms with Gasteiger partial charge in [-0.3, -0.25) is 14.0 Å². The molecule has 2 saturated heterocycles. The minimum atomic E-state index is 0.104. The molecule has 2 N–H and O–H groups in total. The van der Waals surface area contributed by atoms with Gasteiger partial charge in [0.25, 0.3) is 0 Å². The van der Waals surface area contributed by atoms with Crippen molar-refractivity contribution in [3.05, 3.63) is 82.4 Å². The van der Waals surface area contributed by atoms with Crippen LogP contribution in [0.15, 0.2) is 65.6 Å². The summed E-state index contributed by atoms with van der Waals surface area (Å²) >= 11 is 0. The molecular formula is C36H46N6O2. The zero-order valence-electron chi connectivity index (χ0n) is 26.3. The molecule has 232 valence electrons. The van der Waals surface area contributed by atoms with E-state index in [1.807, 2.05) is 36.0 Å². The fourth-order valence-corrected chi connectivity index (χ4v) is 8.34. The number of anilines is 2. The predicted molar refractivity (Wildman–Crippen MR) is 177 cm³/mol. The Bertz CT molecular complexity index is 1640. The molecule has 0 amide bonds. The second-order valence-corrected chi connectivity index (χ2v) is 13.5. The fraction of sp³-hybridized carbons (Fsp3) is 0.500. The van der Waals surface area contributed by atoms with Gasteiger partial charge >= 0.3 is 5.69 Å². The monoisotopic (exact) mass is 594 g/mol. The van der Waals surface area contributed by atoms with E-state index in [1.165, 1.54) is 55.3 Å². The summed E-state index contributed by atoms with van der Waals surface area (Å²) in [4.78, 5) is 23.2. The third-order valence-corrected chi connectivity index (χ3v) is 11.0. The average Bonchev–Trinajstić information content (AvgIpc) is 3.32. The van der Waals surface area contributed by atoms with Crippen LogP contribution in [0.5, 0.6) is 5.75 Å². The van der Waals surface area contributed by atoms with Gasteiger partial charge in [0.05, 0.1) is 29.9 Å².